The number of benzene rings is 1. The van der Waals surface area contributed by atoms with Gasteiger partial charge >= 0.3 is 5.97 Å². The molecule has 0 spiro atoms. The van der Waals surface area contributed by atoms with E-state index in [0.29, 0.717) is 12.2 Å². The van der Waals surface area contributed by atoms with E-state index in [1.54, 1.807) is 19.2 Å². The number of carbonyl (C=O) groups excluding carboxylic acids is 1. The van der Waals surface area contributed by atoms with Crippen molar-refractivity contribution < 1.29 is 9.53 Å². The van der Waals surface area contributed by atoms with Crippen molar-refractivity contribution in [3.8, 4) is 0 Å². The van der Waals surface area contributed by atoms with Gasteiger partial charge in [0.2, 0.25) is 0 Å². The molecule has 0 saturated carbocycles. The zero-order valence-corrected chi connectivity index (χ0v) is 11.9. The first kappa shape index (κ1) is 13.4. The predicted molar refractivity (Wildman–Crippen MR) is 80.9 cm³/mol. The van der Waals surface area contributed by atoms with Crippen LogP contribution in [0.4, 0.5) is 11.5 Å². The van der Waals surface area contributed by atoms with Crippen molar-refractivity contribution in [2.75, 3.05) is 17.2 Å². The Balaban J connectivity index is 1.76. The standard InChI is InChI=1S/C16H17N3O2/c1-2-21-16(20)11-4-6-15(18-8-11)19-9-12-3-5-14(17)7-13(12)10-19/h3-8H,2,9-10,17H2,1H3. The lowest BCUT2D eigenvalue weighted by Gasteiger charge is -2.16. The number of hydrogen-bond donors (Lipinski definition) is 1. The first-order valence-electron chi connectivity index (χ1n) is 6.93. The Morgan fingerprint density at radius 3 is 2.81 bits per heavy atom. The number of nitrogens with zero attached hydrogens (tertiary/aromatic N) is 2. The molecule has 0 fully saturated rings. The minimum Gasteiger partial charge on any atom is -0.462 e. The highest BCUT2D eigenvalue weighted by Gasteiger charge is 2.20. The predicted octanol–water partition coefficient (Wildman–Crippen LogP) is 2.36. The number of anilines is 2. The second-order valence-corrected chi connectivity index (χ2v) is 5.01. The summed E-state index contributed by atoms with van der Waals surface area (Å²) in [6.45, 7) is 3.74. The SMILES string of the molecule is CCOC(=O)c1ccc(N2Cc3ccc(N)cc3C2)nc1. The molecule has 108 valence electrons. The molecule has 3 rings (SSSR count). The highest BCUT2D eigenvalue weighted by atomic mass is 16.5. The smallest absolute Gasteiger partial charge is 0.339 e. The molecule has 0 unspecified atom stereocenters. The fourth-order valence-corrected chi connectivity index (χ4v) is 2.48. The van der Waals surface area contributed by atoms with Gasteiger partial charge in [-0.1, -0.05) is 6.07 Å². The molecule has 1 aliphatic heterocycles. The minimum absolute atomic E-state index is 0.339. The van der Waals surface area contributed by atoms with Crippen molar-refractivity contribution in [2.45, 2.75) is 20.0 Å². The third kappa shape index (κ3) is 2.67. The van der Waals surface area contributed by atoms with Crippen LogP contribution < -0.4 is 10.6 Å². The summed E-state index contributed by atoms with van der Waals surface area (Å²) in [6, 6.07) is 9.57. The Morgan fingerprint density at radius 2 is 2.10 bits per heavy atom. The van der Waals surface area contributed by atoms with Crippen LogP contribution in [-0.2, 0) is 17.8 Å². The van der Waals surface area contributed by atoms with Crippen LogP contribution in [0, 0.1) is 0 Å². The van der Waals surface area contributed by atoms with Crippen LogP contribution in [0.3, 0.4) is 0 Å². The third-order valence-electron chi connectivity index (χ3n) is 3.54. The molecule has 0 saturated heterocycles. The van der Waals surface area contributed by atoms with Gasteiger partial charge in [0.1, 0.15) is 5.82 Å². The molecule has 2 N–H and O–H groups in total. The summed E-state index contributed by atoms with van der Waals surface area (Å²) in [5.74, 6) is 0.506. The van der Waals surface area contributed by atoms with E-state index in [4.69, 9.17) is 10.5 Å². The zero-order chi connectivity index (χ0) is 14.8. The summed E-state index contributed by atoms with van der Waals surface area (Å²) < 4.78 is 4.95. The van der Waals surface area contributed by atoms with Gasteiger partial charge in [-0.25, -0.2) is 9.78 Å². The van der Waals surface area contributed by atoms with Crippen LogP contribution in [0.5, 0.6) is 0 Å². The summed E-state index contributed by atoms with van der Waals surface area (Å²) in [6.07, 6.45) is 1.56. The van der Waals surface area contributed by atoms with Crippen molar-refractivity contribution in [1.82, 2.24) is 4.98 Å². The van der Waals surface area contributed by atoms with Crippen LogP contribution in [0.1, 0.15) is 28.4 Å². The van der Waals surface area contributed by atoms with Gasteiger partial charge in [-0.05, 0) is 42.3 Å². The molecular formula is C16H17N3O2. The minimum atomic E-state index is -0.339. The van der Waals surface area contributed by atoms with E-state index in [0.717, 1.165) is 24.6 Å². The molecule has 2 aromatic rings. The number of pyridine rings is 1. The first-order valence-corrected chi connectivity index (χ1v) is 6.93. The van der Waals surface area contributed by atoms with Gasteiger partial charge in [0, 0.05) is 25.0 Å². The number of nitrogen functional groups attached to an aromatic ring is 1. The van der Waals surface area contributed by atoms with Gasteiger partial charge in [-0.2, -0.15) is 0 Å². The van der Waals surface area contributed by atoms with E-state index in [1.165, 1.54) is 11.1 Å². The molecule has 1 aliphatic rings. The number of carbonyl (C=O) groups is 1. The molecule has 1 aromatic carbocycles. The molecule has 0 radical (unpaired) electrons. The average molecular weight is 283 g/mol. The van der Waals surface area contributed by atoms with Gasteiger partial charge in [-0.3, -0.25) is 0 Å². The molecular weight excluding hydrogens is 266 g/mol. The number of ether oxygens (including phenoxy) is 1. The van der Waals surface area contributed by atoms with E-state index in [1.807, 2.05) is 18.2 Å². The normalized spacial score (nSPS) is 13.1. The number of aromatic nitrogens is 1. The maximum Gasteiger partial charge on any atom is 0.339 e. The fraction of sp³-hybridized carbons (Fsp3) is 0.250. The largest absolute Gasteiger partial charge is 0.462 e. The quantitative estimate of drug-likeness (QED) is 0.692. The molecule has 0 aliphatic carbocycles. The van der Waals surface area contributed by atoms with Crippen LogP contribution in [-0.4, -0.2) is 17.6 Å². The van der Waals surface area contributed by atoms with E-state index in [-0.39, 0.29) is 5.97 Å². The van der Waals surface area contributed by atoms with E-state index >= 15 is 0 Å². The van der Waals surface area contributed by atoms with E-state index in [2.05, 4.69) is 16.0 Å². The van der Waals surface area contributed by atoms with Gasteiger partial charge in [-0.15, -0.1) is 0 Å². The summed E-state index contributed by atoms with van der Waals surface area (Å²) in [5, 5.41) is 0. The summed E-state index contributed by atoms with van der Waals surface area (Å²) in [5.41, 5.74) is 9.56. The topological polar surface area (TPSA) is 68.5 Å². The number of nitrogens with two attached hydrogens (primary N) is 1. The highest BCUT2D eigenvalue weighted by Crippen LogP contribution is 2.28. The number of esters is 1. The highest BCUT2D eigenvalue weighted by molar-refractivity contribution is 5.89. The Bertz CT molecular complexity index is 668. The van der Waals surface area contributed by atoms with Crippen molar-refractivity contribution in [3.63, 3.8) is 0 Å². The number of hydrogen-bond acceptors (Lipinski definition) is 5. The molecule has 1 aromatic heterocycles. The zero-order valence-electron chi connectivity index (χ0n) is 11.9. The molecule has 21 heavy (non-hydrogen) atoms. The van der Waals surface area contributed by atoms with Crippen molar-refractivity contribution >= 4 is 17.5 Å². The van der Waals surface area contributed by atoms with Crippen molar-refractivity contribution in [3.05, 3.63) is 53.2 Å². The lowest BCUT2D eigenvalue weighted by atomic mass is 10.1. The van der Waals surface area contributed by atoms with Crippen LogP contribution in [0.15, 0.2) is 36.5 Å². The fourth-order valence-electron chi connectivity index (χ4n) is 2.48. The van der Waals surface area contributed by atoms with Crippen LogP contribution >= 0.6 is 0 Å². The van der Waals surface area contributed by atoms with Gasteiger partial charge < -0.3 is 15.4 Å². The maximum absolute atomic E-state index is 11.6. The Kier molecular flexibility index (Phi) is 3.48. The van der Waals surface area contributed by atoms with Crippen LogP contribution in [0.2, 0.25) is 0 Å². The second kappa shape index (κ2) is 5.44. The number of rotatable bonds is 3. The van der Waals surface area contributed by atoms with Crippen molar-refractivity contribution in [1.29, 1.82) is 0 Å². The molecule has 0 atom stereocenters. The summed E-state index contributed by atoms with van der Waals surface area (Å²) >= 11 is 0. The van der Waals surface area contributed by atoms with Gasteiger partial charge in [0.15, 0.2) is 0 Å². The monoisotopic (exact) mass is 283 g/mol. The Hall–Kier alpha value is -2.56. The van der Waals surface area contributed by atoms with Gasteiger partial charge in [0.25, 0.3) is 0 Å². The average Bonchev–Trinajstić information content (AvgIpc) is 2.90. The molecule has 0 bridgehead atoms. The summed E-state index contributed by atoms with van der Waals surface area (Å²) in [4.78, 5) is 18.1. The molecule has 0 amide bonds. The first-order chi connectivity index (χ1) is 10.2. The van der Waals surface area contributed by atoms with Crippen LogP contribution in [0.25, 0.3) is 0 Å². The lowest BCUT2D eigenvalue weighted by molar-refractivity contribution is 0.0526. The lowest BCUT2D eigenvalue weighted by Crippen LogP contribution is -2.16. The second-order valence-electron chi connectivity index (χ2n) is 5.01. The maximum atomic E-state index is 11.6. The summed E-state index contributed by atoms with van der Waals surface area (Å²) in [7, 11) is 0. The Morgan fingerprint density at radius 1 is 1.29 bits per heavy atom. The molecule has 5 nitrogen and oxygen atoms in total. The Labute approximate surface area is 123 Å². The van der Waals surface area contributed by atoms with E-state index in [9.17, 15) is 4.79 Å². The van der Waals surface area contributed by atoms with Gasteiger partial charge in [0.05, 0.1) is 12.2 Å². The van der Waals surface area contributed by atoms with E-state index < -0.39 is 0 Å². The number of fused-ring (bicyclic) bond motifs is 1. The third-order valence-corrected chi connectivity index (χ3v) is 3.54. The van der Waals surface area contributed by atoms with Crippen molar-refractivity contribution in [2.24, 2.45) is 0 Å². The molecule has 2 heterocycles. The molecule has 5 heteroatoms.